The summed E-state index contributed by atoms with van der Waals surface area (Å²) in [6.45, 7) is 5.25. The summed E-state index contributed by atoms with van der Waals surface area (Å²) in [5.41, 5.74) is 0.623. The first-order chi connectivity index (χ1) is 9.80. The van der Waals surface area contributed by atoms with Crippen molar-refractivity contribution in [2.24, 2.45) is 0 Å². The van der Waals surface area contributed by atoms with Crippen LogP contribution in [-0.2, 0) is 11.2 Å². The molecular formula is C14H20ClF3N2O2. The van der Waals surface area contributed by atoms with Crippen molar-refractivity contribution in [3.63, 3.8) is 0 Å². The number of halogens is 4. The van der Waals surface area contributed by atoms with Crippen molar-refractivity contribution >= 4 is 18.3 Å². The SMILES string of the molecule is CCN[C@H](C)CNC(=O)Cc1ccc(OC(F)(F)F)cc1.Cl. The molecule has 0 saturated heterocycles. The van der Waals surface area contributed by atoms with Gasteiger partial charge >= 0.3 is 6.36 Å². The summed E-state index contributed by atoms with van der Waals surface area (Å²) in [6.07, 6.45) is -4.59. The maximum Gasteiger partial charge on any atom is 0.573 e. The average Bonchev–Trinajstić information content (AvgIpc) is 2.37. The predicted molar refractivity (Wildman–Crippen MR) is 80.2 cm³/mol. The second kappa shape index (κ2) is 9.53. The van der Waals surface area contributed by atoms with Gasteiger partial charge in [0.1, 0.15) is 5.75 Å². The first-order valence-electron chi connectivity index (χ1n) is 6.65. The van der Waals surface area contributed by atoms with Crippen LogP contribution in [0, 0.1) is 0 Å². The van der Waals surface area contributed by atoms with Gasteiger partial charge in [-0.2, -0.15) is 0 Å². The highest BCUT2D eigenvalue weighted by Gasteiger charge is 2.30. The molecule has 0 saturated carbocycles. The number of ether oxygens (including phenoxy) is 1. The summed E-state index contributed by atoms with van der Waals surface area (Å²) in [5, 5.41) is 5.91. The van der Waals surface area contributed by atoms with Crippen molar-refractivity contribution in [1.82, 2.24) is 10.6 Å². The Labute approximate surface area is 133 Å². The molecule has 0 spiro atoms. The summed E-state index contributed by atoms with van der Waals surface area (Å²) < 4.78 is 39.8. The molecule has 0 aliphatic heterocycles. The third kappa shape index (κ3) is 8.74. The zero-order chi connectivity index (χ0) is 15.9. The monoisotopic (exact) mass is 340 g/mol. The molecular weight excluding hydrogens is 321 g/mol. The van der Waals surface area contributed by atoms with Gasteiger partial charge in [-0.3, -0.25) is 4.79 Å². The molecule has 4 nitrogen and oxygen atoms in total. The van der Waals surface area contributed by atoms with Gasteiger partial charge in [-0.25, -0.2) is 0 Å². The molecule has 0 aliphatic carbocycles. The van der Waals surface area contributed by atoms with Gasteiger partial charge in [0.05, 0.1) is 6.42 Å². The number of carbonyl (C=O) groups excluding carboxylic acids is 1. The fourth-order valence-corrected chi connectivity index (χ4v) is 1.74. The third-order valence-electron chi connectivity index (χ3n) is 2.68. The van der Waals surface area contributed by atoms with Crippen LogP contribution in [0.15, 0.2) is 24.3 Å². The molecule has 1 aromatic carbocycles. The lowest BCUT2D eigenvalue weighted by molar-refractivity contribution is -0.274. The lowest BCUT2D eigenvalue weighted by Crippen LogP contribution is -2.39. The molecule has 1 amide bonds. The van der Waals surface area contributed by atoms with E-state index in [1.54, 1.807) is 0 Å². The van der Waals surface area contributed by atoms with Crippen LogP contribution < -0.4 is 15.4 Å². The van der Waals surface area contributed by atoms with E-state index in [0.717, 1.165) is 6.54 Å². The van der Waals surface area contributed by atoms with Crippen LogP contribution in [0.5, 0.6) is 5.75 Å². The smallest absolute Gasteiger partial charge is 0.406 e. The molecule has 22 heavy (non-hydrogen) atoms. The first-order valence-corrected chi connectivity index (χ1v) is 6.65. The van der Waals surface area contributed by atoms with Crippen LogP contribution in [0.25, 0.3) is 0 Å². The fourth-order valence-electron chi connectivity index (χ4n) is 1.74. The van der Waals surface area contributed by atoms with E-state index in [0.29, 0.717) is 12.1 Å². The minimum Gasteiger partial charge on any atom is -0.406 e. The van der Waals surface area contributed by atoms with Crippen LogP contribution in [0.1, 0.15) is 19.4 Å². The number of nitrogens with one attached hydrogen (secondary N) is 2. The van der Waals surface area contributed by atoms with Crippen molar-refractivity contribution in [1.29, 1.82) is 0 Å². The number of hydrogen-bond acceptors (Lipinski definition) is 3. The number of likely N-dealkylation sites (N-methyl/N-ethyl adjacent to an activating group) is 1. The van der Waals surface area contributed by atoms with Gasteiger partial charge in [-0.1, -0.05) is 19.1 Å². The topological polar surface area (TPSA) is 50.4 Å². The van der Waals surface area contributed by atoms with Crippen LogP contribution in [0.3, 0.4) is 0 Å². The molecule has 1 aromatic rings. The Morgan fingerprint density at radius 1 is 1.27 bits per heavy atom. The second-order valence-electron chi connectivity index (χ2n) is 4.63. The molecule has 126 valence electrons. The van der Waals surface area contributed by atoms with Crippen molar-refractivity contribution in [3.8, 4) is 5.75 Å². The molecule has 1 rings (SSSR count). The minimum atomic E-state index is -4.71. The largest absolute Gasteiger partial charge is 0.573 e. The molecule has 0 unspecified atom stereocenters. The van der Waals surface area contributed by atoms with Crippen LogP contribution in [0.4, 0.5) is 13.2 Å². The number of amides is 1. The van der Waals surface area contributed by atoms with E-state index < -0.39 is 6.36 Å². The summed E-state index contributed by atoms with van der Waals surface area (Å²) in [6, 6.07) is 5.43. The number of benzene rings is 1. The molecule has 0 radical (unpaired) electrons. The quantitative estimate of drug-likeness (QED) is 0.802. The Kier molecular flexibility index (Phi) is 8.89. The highest BCUT2D eigenvalue weighted by molar-refractivity contribution is 5.85. The summed E-state index contributed by atoms with van der Waals surface area (Å²) in [5.74, 6) is -0.475. The molecule has 0 bridgehead atoms. The Hall–Kier alpha value is -1.47. The third-order valence-corrected chi connectivity index (χ3v) is 2.68. The normalized spacial score (nSPS) is 12.2. The van der Waals surface area contributed by atoms with E-state index in [4.69, 9.17) is 0 Å². The lowest BCUT2D eigenvalue weighted by Gasteiger charge is -2.13. The van der Waals surface area contributed by atoms with E-state index >= 15 is 0 Å². The van der Waals surface area contributed by atoms with Crippen molar-refractivity contribution in [2.75, 3.05) is 13.1 Å². The fraction of sp³-hybridized carbons (Fsp3) is 0.500. The highest BCUT2D eigenvalue weighted by atomic mass is 35.5. The lowest BCUT2D eigenvalue weighted by atomic mass is 10.1. The Bertz CT molecular complexity index is 452. The standard InChI is InChI=1S/C14H19F3N2O2.ClH/c1-3-18-10(2)9-19-13(20)8-11-4-6-12(7-5-11)21-14(15,16)17;/h4-7,10,18H,3,8-9H2,1-2H3,(H,19,20);1H/t10-;/m1./s1. The van der Waals surface area contributed by atoms with Crippen LogP contribution in [-0.4, -0.2) is 31.4 Å². The number of rotatable bonds is 7. The van der Waals surface area contributed by atoms with Gasteiger partial charge in [-0.15, -0.1) is 25.6 Å². The van der Waals surface area contributed by atoms with Crippen LogP contribution in [0.2, 0.25) is 0 Å². The molecule has 2 N–H and O–H groups in total. The molecule has 0 heterocycles. The van der Waals surface area contributed by atoms with Crippen molar-refractivity contribution in [2.45, 2.75) is 32.7 Å². The zero-order valence-corrected chi connectivity index (χ0v) is 13.2. The van der Waals surface area contributed by atoms with Gasteiger partial charge < -0.3 is 15.4 Å². The average molecular weight is 341 g/mol. The Balaban J connectivity index is 0.00000441. The van der Waals surface area contributed by atoms with Gasteiger partial charge in [0.15, 0.2) is 0 Å². The number of hydrogen-bond donors (Lipinski definition) is 2. The minimum absolute atomic E-state index is 0. The van der Waals surface area contributed by atoms with Gasteiger partial charge in [0.2, 0.25) is 5.91 Å². The van der Waals surface area contributed by atoms with Gasteiger partial charge in [-0.05, 0) is 31.2 Å². The second-order valence-corrected chi connectivity index (χ2v) is 4.63. The molecule has 0 fully saturated rings. The zero-order valence-electron chi connectivity index (χ0n) is 12.4. The molecule has 0 aromatic heterocycles. The van der Waals surface area contributed by atoms with Gasteiger partial charge in [0, 0.05) is 12.6 Å². The Morgan fingerprint density at radius 2 is 1.86 bits per heavy atom. The van der Waals surface area contributed by atoms with E-state index in [2.05, 4.69) is 15.4 Å². The molecule has 1 atom stereocenters. The molecule has 0 aliphatic rings. The maximum absolute atomic E-state index is 12.0. The van der Waals surface area contributed by atoms with Crippen LogP contribution >= 0.6 is 12.4 Å². The number of alkyl halides is 3. The summed E-state index contributed by atoms with van der Waals surface area (Å²) in [7, 11) is 0. The van der Waals surface area contributed by atoms with E-state index in [9.17, 15) is 18.0 Å². The van der Waals surface area contributed by atoms with E-state index in [1.807, 2.05) is 13.8 Å². The van der Waals surface area contributed by atoms with Crippen molar-refractivity contribution < 1.29 is 22.7 Å². The number of carbonyl (C=O) groups is 1. The predicted octanol–water partition coefficient (Wildman–Crippen LogP) is 2.66. The maximum atomic E-state index is 12.0. The first kappa shape index (κ1) is 20.5. The highest BCUT2D eigenvalue weighted by Crippen LogP contribution is 2.22. The molecule has 8 heteroatoms. The summed E-state index contributed by atoms with van der Waals surface area (Å²) in [4.78, 5) is 11.7. The summed E-state index contributed by atoms with van der Waals surface area (Å²) >= 11 is 0. The van der Waals surface area contributed by atoms with E-state index in [-0.39, 0.29) is 36.5 Å². The Morgan fingerprint density at radius 3 is 2.36 bits per heavy atom. The van der Waals surface area contributed by atoms with Crippen molar-refractivity contribution in [3.05, 3.63) is 29.8 Å². The van der Waals surface area contributed by atoms with Gasteiger partial charge in [0.25, 0.3) is 0 Å². The van der Waals surface area contributed by atoms with E-state index in [1.165, 1.54) is 24.3 Å².